The summed E-state index contributed by atoms with van der Waals surface area (Å²) in [5, 5.41) is 0. The van der Waals surface area contributed by atoms with Gasteiger partial charge in [0.05, 0.1) is 0 Å². The summed E-state index contributed by atoms with van der Waals surface area (Å²) in [6.45, 7) is 19.7. The van der Waals surface area contributed by atoms with Gasteiger partial charge in [-0.25, -0.2) is 0 Å². The summed E-state index contributed by atoms with van der Waals surface area (Å²) in [4.78, 5) is 18.4. The molecule has 1 aromatic heterocycles. The molecule has 0 spiro atoms. The molecule has 0 unspecified atom stereocenters. The molecule has 0 fully saturated rings. The SMILES string of the molecule is CC.CC.CC.CC=N/C=C\c1cc2c(n1/C1=C/C=C(/C(c3ccc(N(/C=C/C=N\C=C/C)/C(C)=C/C=N/C=C\C)cc3)(C(F)(F)F)C(F)(F)F)CC=CC1)CCCN=C2. The van der Waals surface area contributed by atoms with Gasteiger partial charge in [-0.05, 0) is 101 Å². The largest absolute Gasteiger partial charge is 0.410 e. The number of hydrogen-bond donors (Lipinski definition) is 0. The lowest BCUT2D eigenvalue weighted by Crippen LogP contribution is -2.55. The molecule has 6 nitrogen and oxygen atoms in total. The van der Waals surface area contributed by atoms with Crippen LogP contribution in [-0.4, -0.2) is 48.3 Å². The van der Waals surface area contributed by atoms with Gasteiger partial charge in [-0.2, -0.15) is 26.3 Å². The van der Waals surface area contributed by atoms with E-state index >= 15 is 26.3 Å². The Hall–Kier alpha value is -5.52. The number of hydrogen-bond acceptors (Lipinski definition) is 5. The van der Waals surface area contributed by atoms with Gasteiger partial charge in [0.1, 0.15) is 0 Å². The standard InChI is InChI=1S/C42H44F6N6.3C2H6/c1-5-23-50-26-11-29-53(32(4)21-27-51-24-6-2)36-18-15-35(16-19-36)40(41(43,44)45,42(46,47)48)34-12-8-9-13-37(20-17-34)54-38(22-28-49-7-3)30-33-31-52-25-10-14-39(33)54;3*1-2/h5-9,11,15-24,26-31H,10,12-14,25H2,1-4H3;3*1-2H3/b9-8?,23-5-,24-6-,28-22-,29-11+,32-21+,34-17+,37-20+,49-7?,50-26-,51-27+;;;. The summed E-state index contributed by atoms with van der Waals surface area (Å²) in [5.41, 5.74) is -2.23. The molecule has 60 heavy (non-hydrogen) atoms. The van der Waals surface area contributed by atoms with E-state index in [2.05, 4.69) is 20.0 Å². The zero-order valence-corrected chi connectivity index (χ0v) is 36.7. The van der Waals surface area contributed by atoms with Gasteiger partial charge in [0.2, 0.25) is 5.41 Å². The Labute approximate surface area is 354 Å². The van der Waals surface area contributed by atoms with E-state index in [1.54, 1.807) is 106 Å². The first-order valence-corrected chi connectivity index (χ1v) is 20.5. The second-order valence-electron chi connectivity index (χ2n) is 12.3. The maximum absolute atomic E-state index is 15.4. The zero-order valence-electron chi connectivity index (χ0n) is 36.7. The highest BCUT2D eigenvalue weighted by molar-refractivity contribution is 5.85. The van der Waals surface area contributed by atoms with Gasteiger partial charge in [0.25, 0.3) is 0 Å². The number of nitrogens with zero attached hydrogens (tertiary/aromatic N) is 6. The quantitative estimate of drug-likeness (QED) is 0.119. The van der Waals surface area contributed by atoms with E-state index in [-0.39, 0.29) is 6.42 Å². The molecule has 0 saturated heterocycles. The Morgan fingerprint density at radius 2 is 1.40 bits per heavy atom. The fourth-order valence-corrected chi connectivity index (χ4v) is 6.31. The smallest absolute Gasteiger partial charge is 0.321 e. The minimum Gasteiger partial charge on any atom is -0.321 e. The lowest BCUT2D eigenvalue weighted by atomic mass is 9.70. The average molecular weight is 837 g/mol. The van der Waals surface area contributed by atoms with E-state index in [9.17, 15) is 0 Å². The van der Waals surface area contributed by atoms with Gasteiger partial charge in [0.15, 0.2) is 0 Å². The highest BCUT2D eigenvalue weighted by Gasteiger charge is 2.73. The van der Waals surface area contributed by atoms with Crippen molar-refractivity contribution in [3.8, 4) is 0 Å². The lowest BCUT2D eigenvalue weighted by molar-refractivity contribution is -0.290. The van der Waals surface area contributed by atoms with E-state index in [1.807, 2.05) is 52.2 Å². The van der Waals surface area contributed by atoms with Gasteiger partial charge in [-0.3, -0.25) is 20.0 Å². The predicted molar refractivity (Wildman–Crippen MR) is 245 cm³/mol. The van der Waals surface area contributed by atoms with Crippen molar-refractivity contribution < 1.29 is 26.3 Å². The molecule has 0 bridgehead atoms. The third-order valence-corrected chi connectivity index (χ3v) is 8.74. The first-order chi connectivity index (χ1) is 28.9. The van der Waals surface area contributed by atoms with Crippen LogP contribution in [-0.2, 0) is 11.8 Å². The number of aromatic nitrogens is 1. The van der Waals surface area contributed by atoms with Gasteiger partial charge in [-0.1, -0.05) is 84.1 Å². The summed E-state index contributed by atoms with van der Waals surface area (Å²) >= 11 is 0. The van der Waals surface area contributed by atoms with Crippen molar-refractivity contribution in [2.45, 2.75) is 113 Å². The Morgan fingerprint density at radius 3 is 2.00 bits per heavy atom. The molecule has 1 aliphatic heterocycles. The van der Waals surface area contributed by atoms with Crippen molar-refractivity contribution in [1.82, 2.24) is 4.57 Å². The molecular formula is C48H62F6N6. The van der Waals surface area contributed by atoms with E-state index < -0.39 is 35.3 Å². The van der Waals surface area contributed by atoms with Crippen molar-refractivity contribution in [2.75, 3.05) is 11.4 Å². The highest BCUT2D eigenvalue weighted by atomic mass is 19.4. The first-order valence-electron chi connectivity index (χ1n) is 20.5. The number of anilines is 1. The minimum absolute atomic E-state index is 0.286. The second-order valence-corrected chi connectivity index (χ2v) is 12.3. The monoisotopic (exact) mass is 836 g/mol. The number of rotatable bonds is 12. The summed E-state index contributed by atoms with van der Waals surface area (Å²) in [6, 6.07) is 6.22. The Morgan fingerprint density at radius 1 is 0.783 bits per heavy atom. The minimum atomic E-state index is -5.74. The third kappa shape index (κ3) is 13.8. The molecule has 12 heteroatoms. The van der Waals surface area contributed by atoms with E-state index in [0.29, 0.717) is 35.7 Å². The van der Waals surface area contributed by atoms with Crippen LogP contribution in [0.2, 0.25) is 0 Å². The number of aliphatic imine (C=N–C) groups is 4. The Kier molecular flexibility index (Phi) is 23.9. The topological polar surface area (TPSA) is 57.6 Å². The van der Waals surface area contributed by atoms with Crippen molar-refractivity contribution in [3.63, 3.8) is 0 Å². The fourth-order valence-electron chi connectivity index (χ4n) is 6.31. The zero-order chi connectivity index (χ0) is 45.2. The normalized spacial score (nSPS) is 17.1. The molecule has 0 radical (unpaired) electrons. The Balaban J connectivity index is 0.00000287. The van der Waals surface area contributed by atoms with Crippen molar-refractivity contribution in [1.29, 1.82) is 0 Å². The second kappa shape index (κ2) is 27.3. The van der Waals surface area contributed by atoms with Crippen LogP contribution in [0, 0.1) is 0 Å². The van der Waals surface area contributed by atoms with Crippen LogP contribution in [0.5, 0.6) is 0 Å². The summed E-state index contributed by atoms with van der Waals surface area (Å²) < 4.78 is 94.2. The third-order valence-electron chi connectivity index (χ3n) is 8.74. The number of allylic oxidation sites excluding steroid dienone is 11. The molecule has 0 saturated carbocycles. The fraction of sp³-hybridized carbons (Fsp3) is 0.375. The molecule has 2 aromatic rings. The molecule has 0 amide bonds. The molecule has 2 heterocycles. The maximum Gasteiger partial charge on any atom is 0.410 e. The van der Waals surface area contributed by atoms with Crippen LogP contribution in [0.1, 0.15) is 111 Å². The van der Waals surface area contributed by atoms with Crippen molar-refractivity contribution >= 4 is 42.3 Å². The molecule has 1 aliphatic carbocycles. The van der Waals surface area contributed by atoms with Crippen molar-refractivity contribution in [3.05, 3.63) is 138 Å². The molecule has 1 aromatic carbocycles. The van der Waals surface area contributed by atoms with Gasteiger partial charge in [-0.15, -0.1) is 0 Å². The van der Waals surface area contributed by atoms with Gasteiger partial charge >= 0.3 is 12.4 Å². The van der Waals surface area contributed by atoms with Crippen LogP contribution >= 0.6 is 0 Å². The lowest BCUT2D eigenvalue weighted by Gasteiger charge is -2.40. The van der Waals surface area contributed by atoms with E-state index in [4.69, 9.17) is 0 Å². The van der Waals surface area contributed by atoms with Crippen LogP contribution in [0.4, 0.5) is 32.0 Å². The van der Waals surface area contributed by atoms with Crippen LogP contribution < -0.4 is 4.90 Å². The summed E-state index contributed by atoms with van der Waals surface area (Å²) in [7, 11) is 0. The number of alkyl halides is 6. The highest BCUT2D eigenvalue weighted by Crippen LogP contribution is 2.57. The molecule has 2 aliphatic rings. The number of benzene rings is 1. The van der Waals surface area contributed by atoms with Gasteiger partial charge in [0, 0.05) is 96.7 Å². The van der Waals surface area contributed by atoms with Crippen LogP contribution in [0.15, 0.2) is 135 Å². The number of halogens is 6. The summed E-state index contributed by atoms with van der Waals surface area (Å²) in [5.74, 6) is 0. The molecule has 0 atom stereocenters. The van der Waals surface area contributed by atoms with Gasteiger partial charge < -0.3 is 9.47 Å². The van der Waals surface area contributed by atoms with Crippen molar-refractivity contribution in [2.24, 2.45) is 20.0 Å². The van der Waals surface area contributed by atoms with Crippen LogP contribution in [0.25, 0.3) is 11.8 Å². The predicted octanol–water partition coefficient (Wildman–Crippen LogP) is 14.6. The van der Waals surface area contributed by atoms with Crippen LogP contribution in [0.3, 0.4) is 0 Å². The summed E-state index contributed by atoms with van der Waals surface area (Å²) in [6.07, 6.45) is 16.2. The maximum atomic E-state index is 15.4. The molecular weight excluding hydrogens is 775 g/mol. The number of fused-ring (bicyclic) bond motifs is 1. The molecule has 4 rings (SSSR count). The van der Waals surface area contributed by atoms with E-state index in [1.165, 1.54) is 36.7 Å². The van der Waals surface area contributed by atoms with E-state index in [0.717, 1.165) is 35.9 Å². The average Bonchev–Trinajstić information content (AvgIpc) is 3.39. The Bertz CT molecular complexity index is 1940. The first kappa shape index (κ1) is 52.5. The molecule has 326 valence electrons. The molecule has 0 N–H and O–H groups in total.